The maximum absolute atomic E-state index is 14.3. The first-order chi connectivity index (χ1) is 14.5. The van der Waals surface area contributed by atoms with Crippen molar-refractivity contribution in [2.75, 3.05) is 13.2 Å². The van der Waals surface area contributed by atoms with Crippen molar-refractivity contribution in [3.63, 3.8) is 0 Å². The fourth-order valence-corrected chi connectivity index (χ4v) is 3.01. The molecule has 0 radical (unpaired) electrons. The molecule has 0 unspecified atom stereocenters. The number of likely N-dealkylation sites (N-methyl/N-ethyl adjacent to an activating group) is 1. The van der Waals surface area contributed by atoms with E-state index in [2.05, 4.69) is 5.32 Å². The predicted molar refractivity (Wildman–Crippen MR) is 110 cm³/mol. The number of amides is 1. The van der Waals surface area contributed by atoms with Gasteiger partial charge >= 0.3 is 0 Å². The summed E-state index contributed by atoms with van der Waals surface area (Å²) >= 11 is 0. The van der Waals surface area contributed by atoms with Gasteiger partial charge in [0.05, 0.1) is 5.56 Å². The highest BCUT2D eigenvalue weighted by Crippen LogP contribution is 2.24. The summed E-state index contributed by atoms with van der Waals surface area (Å²) in [5.74, 6) is -1.25. The number of Topliss-reactive ketones (excluding diaryl/α,β-unsaturated/α-hetero) is 1. The SMILES string of the molecule is CCNC(=O)COc1cccc(CC(=O)c2cc(-c3cccc(F)c3)ccc2F)c1. The van der Waals surface area contributed by atoms with E-state index in [1.165, 1.54) is 30.3 Å². The van der Waals surface area contributed by atoms with Gasteiger partial charge in [-0.05, 0) is 60.0 Å². The third kappa shape index (κ3) is 5.50. The first-order valence-electron chi connectivity index (χ1n) is 9.53. The van der Waals surface area contributed by atoms with Crippen LogP contribution in [0.15, 0.2) is 66.7 Å². The molecule has 0 aliphatic rings. The van der Waals surface area contributed by atoms with E-state index in [9.17, 15) is 18.4 Å². The van der Waals surface area contributed by atoms with Gasteiger partial charge in [-0.15, -0.1) is 0 Å². The molecule has 3 rings (SSSR count). The molecule has 154 valence electrons. The predicted octanol–water partition coefficient (Wildman–Crippen LogP) is 4.57. The van der Waals surface area contributed by atoms with Gasteiger partial charge in [0.15, 0.2) is 12.4 Å². The largest absolute Gasteiger partial charge is 0.484 e. The highest BCUT2D eigenvalue weighted by molar-refractivity contribution is 5.98. The maximum Gasteiger partial charge on any atom is 0.257 e. The highest BCUT2D eigenvalue weighted by Gasteiger charge is 2.15. The van der Waals surface area contributed by atoms with Crippen LogP contribution in [0.3, 0.4) is 0 Å². The van der Waals surface area contributed by atoms with Crippen molar-refractivity contribution in [2.45, 2.75) is 13.3 Å². The van der Waals surface area contributed by atoms with Crippen LogP contribution in [-0.4, -0.2) is 24.8 Å². The minimum absolute atomic E-state index is 0.0398. The van der Waals surface area contributed by atoms with Crippen LogP contribution in [0.2, 0.25) is 0 Å². The Bertz CT molecular complexity index is 1070. The molecule has 0 aliphatic heterocycles. The number of nitrogens with one attached hydrogen (secondary N) is 1. The standard InChI is InChI=1S/C24H21F2NO3/c1-2-27-24(29)15-30-20-8-3-5-16(11-20)12-23(28)21-14-18(9-10-22(21)26)17-6-4-7-19(25)13-17/h3-11,13-14H,2,12,15H2,1H3,(H,27,29). The number of ether oxygens (including phenoxy) is 1. The van der Waals surface area contributed by atoms with Gasteiger partial charge in [-0.2, -0.15) is 0 Å². The maximum atomic E-state index is 14.3. The van der Waals surface area contributed by atoms with Gasteiger partial charge in [-0.25, -0.2) is 8.78 Å². The Morgan fingerprint density at radius 1 is 0.933 bits per heavy atom. The Hall–Kier alpha value is -3.54. The lowest BCUT2D eigenvalue weighted by atomic mass is 9.97. The van der Waals surface area contributed by atoms with Gasteiger partial charge in [0.25, 0.3) is 5.91 Å². The zero-order valence-electron chi connectivity index (χ0n) is 16.5. The lowest BCUT2D eigenvalue weighted by molar-refractivity contribution is -0.122. The second kappa shape index (κ2) is 9.78. The Balaban J connectivity index is 1.75. The number of halogens is 2. The van der Waals surface area contributed by atoms with Crippen molar-refractivity contribution in [3.05, 3.63) is 89.5 Å². The smallest absolute Gasteiger partial charge is 0.257 e. The third-order valence-electron chi connectivity index (χ3n) is 4.43. The molecule has 4 nitrogen and oxygen atoms in total. The number of rotatable bonds is 8. The van der Waals surface area contributed by atoms with Crippen molar-refractivity contribution >= 4 is 11.7 Å². The van der Waals surface area contributed by atoms with Crippen LogP contribution >= 0.6 is 0 Å². The van der Waals surface area contributed by atoms with Gasteiger partial charge in [0.1, 0.15) is 17.4 Å². The molecule has 3 aromatic carbocycles. The van der Waals surface area contributed by atoms with Crippen molar-refractivity contribution in [1.82, 2.24) is 5.32 Å². The molecular formula is C24H21F2NO3. The van der Waals surface area contributed by atoms with E-state index >= 15 is 0 Å². The summed E-state index contributed by atoms with van der Waals surface area (Å²) < 4.78 is 33.2. The lowest BCUT2D eigenvalue weighted by Crippen LogP contribution is -2.28. The Morgan fingerprint density at radius 2 is 1.70 bits per heavy atom. The van der Waals surface area contributed by atoms with E-state index in [1.807, 2.05) is 6.92 Å². The second-order valence-electron chi connectivity index (χ2n) is 6.69. The minimum Gasteiger partial charge on any atom is -0.484 e. The molecule has 1 N–H and O–H groups in total. The number of carbonyl (C=O) groups excluding carboxylic acids is 2. The number of ketones is 1. The summed E-state index contributed by atoms with van der Waals surface area (Å²) in [6.07, 6.45) is -0.0398. The molecule has 1 amide bonds. The lowest BCUT2D eigenvalue weighted by Gasteiger charge is -2.09. The van der Waals surface area contributed by atoms with E-state index in [0.29, 0.717) is 29.0 Å². The molecule has 0 aliphatic carbocycles. The number of hydrogen-bond donors (Lipinski definition) is 1. The van der Waals surface area contributed by atoms with E-state index in [0.717, 1.165) is 0 Å². The molecule has 30 heavy (non-hydrogen) atoms. The summed E-state index contributed by atoms with van der Waals surface area (Å²) in [5, 5.41) is 2.63. The fourth-order valence-electron chi connectivity index (χ4n) is 3.01. The zero-order chi connectivity index (χ0) is 21.5. The summed E-state index contributed by atoms with van der Waals surface area (Å²) in [6.45, 7) is 2.19. The van der Waals surface area contributed by atoms with E-state index in [4.69, 9.17) is 4.74 Å². The van der Waals surface area contributed by atoms with Gasteiger partial charge in [0, 0.05) is 13.0 Å². The number of benzene rings is 3. The normalized spacial score (nSPS) is 10.5. The monoisotopic (exact) mass is 409 g/mol. The first-order valence-corrected chi connectivity index (χ1v) is 9.53. The summed E-state index contributed by atoms with van der Waals surface area (Å²) in [7, 11) is 0. The van der Waals surface area contributed by atoms with Crippen LogP contribution in [0.5, 0.6) is 5.75 Å². The van der Waals surface area contributed by atoms with Crippen LogP contribution < -0.4 is 10.1 Å². The number of hydrogen-bond acceptors (Lipinski definition) is 3. The molecule has 0 saturated carbocycles. The molecule has 0 heterocycles. The van der Waals surface area contributed by atoms with Crippen LogP contribution in [0, 0.1) is 11.6 Å². The first kappa shape index (κ1) is 21.2. The topological polar surface area (TPSA) is 55.4 Å². The van der Waals surface area contributed by atoms with Crippen molar-refractivity contribution < 1.29 is 23.1 Å². The Morgan fingerprint density at radius 3 is 2.47 bits per heavy atom. The summed E-state index contributed by atoms with van der Waals surface area (Å²) in [5.41, 5.74) is 1.68. The molecule has 6 heteroatoms. The highest BCUT2D eigenvalue weighted by atomic mass is 19.1. The second-order valence-corrected chi connectivity index (χ2v) is 6.69. The quantitative estimate of drug-likeness (QED) is 0.555. The molecule has 0 bridgehead atoms. The minimum atomic E-state index is -0.635. The molecule has 0 saturated heterocycles. The van der Waals surface area contributed by atoms with Gasteiger partial charge in [-0.1, -0.05) is 30.3 Å². The van der Waals surface area contributed by atoms with Crippen molar-refractivity contribution in [1.29, 1.82) is 0 Å². The zero-order valence-corrected chi connectivity index (χ0v) is 16.5. The molecule has 0 aromatic heterocycles. The van der Waals surface area contributed by atoms with Crippen LogP contribution in [0.4, 0.5) is 8.78 Å². The van der Waals surface area contributed by atoms with E-state index in [1.54, 1.807) is 36.4 Å². The van der Waals surface area contributed by atoms with Crippen molar-refractivity contribution in [2.24, 2.45) is 0 Å². The van der Waals surface area contributed by atoms with Gasteiger partial charge in [0.2, 0.25) is 0 Å². The Kier molecular flexibility index (Phi) is 6.91. The molecule has 3 aromatic rings. The van der Waals surface area contributed by atoms with Crippen LogP contribution in [-0.2, 0) is 11.2 Å². The van der Waals surface area contributed by atoms with Crippen LogP contribution in [0.25, 0.3) is 11.1 Å². The van der Waals surface area contributed by atoms with Gasteiger partial charge < -0.3 is 10.1 Å². The fraction of sp³-hybridized carbons (Fsp3) is 0.167. The summed E-state index contributed by atoms with van der Waals surface area (Å²) in [4.78, 5) is 24.2. The van der Waals surface area contributed by atoms with Crippen molar-refractivity contribution in [3.8, 4) is 16.9 Å². The molecule has 0 fully saturated rings. The van der Waals surface area contributed by atoms with Crippen LogP contribution in [0.1, 0.15) is 22.8 Å². The van der Waals surface area contributed by atoms with Gasteiger partial charge in [-0.3, -0.25) is 9.59 Å². The summed E-state index contributed by atoms with van der Waals surface area (Å²) in [6, 6.07) is 16.8. The third-order valence-corrected chi connectivity index (χ3v) is 4.43. The molecule has 0 spiro atoms. The van der Waals surface area contributed by atoms with E-state index in [-0.39, 0.29) is 24.5 Å². The Labute approximate surface area is 173 Å². The number of carbonyl (C=O) groups is 2. The van der Waals surface area contributed by atoms with E-state index < -0.39 is 17.4 Å². The average Bonchev–Trinajstić information content (AvgIpc) is 2.73. The molecular weight excluding hydrogens is 388 g/mol. The molecule has 0 atom stereocenters. The average molecular weight is 409 g/mol.